The number of halogens is 3. The van der Waals surface area contributed by atoms with E-state index in [4.69, 9.17) is 33.0 Å². The summed E-state index contributed by atoms with van der Waals surface area (Å²) in [4.78, 5) is 39.9. The fourth-order valence-electron chi connectivity index (χ4n) is 3.95. The number of carbonyl (C=O) groups is 3. The van der Waals surface area contributed by atoms with E-state index in [1.165, 1.54) is 17.0 Å². The molecule has 3 N–H and O–H groups in total. The molecule has 2 aromatic rings. The molecular weight excluding hydrogens is 634 g/mol. The third-order valence-electron chi connectivity index (χ3n) is 5.89. The highest BCUT2D eigenvalue weighted by molar-refractivity contribution is 14.1. The molecule has 0 aliphatic heterocycles. The van der Waals surface area contributed by atoms with Gasteiger partial charge in [-0.25, -0.2) is 0 Å². The molecular formula is C26H27Cl2IN2O6. The van der Waals surface area contributed by atoms with Crippen LogP contribution in [0.5, 0.6) is 5.75 Å². The van der Waals surface area contributed by atoms with Crippen molar-refractivity contribution in [3.63, 3.8) is 0 Å². The molecule has 0 unspecified atom stereocenters. The van der Waals surface area contributed by atoms with E-state index in [1.807, 2.05) is 12.1 Å². The van der Waals surface area contributed by atoms with Crippen LogP contribution in [0.1, 0.15) is 25.3 Å². The molecule has 0 aromatic heterocycles. The average Bonchev–Trinajstić information content (AvgIpc) is 2.88. The van der Waals surface area contributed by atoms with Gasteiger partial charge in [0, 0.05) is 41.5 Å². The van der Waals surface area contributed by atoms with Gasteiger partial charge in [0.1, 0.15) is 18.0 Å². The number of carbonyl (C=O) groups excluding carboxylic acids is 3. The molecule has 2 amide bonds. The Labute approximate surface area is 238 Å². The fraction of sp³-hybridized carbons (Fsp3) is 0.346. The number of hydrogen-bond acceptors (Lipinski definition) is 6. The second-order valence-corrected chi connectivity index (χ2v) is 10.4. The number of nitrogens with one attached hydrogen (secondary N) is 1. The second kappa shape index (κ2) is 13.6. The van der Waals surface area contributed by atoms with Crippen LogP contribution in [0.3, 0.4) is 0 Å². The quantitative estimate of drug-likeness (QED) is 0.265. The van der Waals surface area contributed by atoms with Crippen molar-refractivity contribution >= 4 is 63.4 Å². The highest BCUT2D eigenvalue weighted by Gasteiger charge is 2.41. The Balaban J connectivity index is 2.03. The first kappa shape index (κ1) is 29.4. The lowest BCUT2D eigenvalue weighted by Gasteiger charge is -2.40. The van der Waals surface area contributed by atoms with Gasteiger partial charge in [-0.3, -0.25) is 14.4 Å². The molecule has 11 heteroatoms. The van der Waals surface area contributed by atoms with Gasteiger partial charge in [-0.05, 0) is 58.5 Å². The van der Waals surface area contributed by atoms with E-state index in [1.54, 1.807) is 31.2 Å². The van der Waals surface area contributed by atoms with E-state index in [9.17, 15) is 19.5 Å². The summed E-state index contributed by atoms with van der Waals surface area (Å²) in [6, 6.07) is 11.0. The summed E-state index contributed by atoms with van der Waals surface area (Å²) >= 11 is 14.5. The summed E-state index contributed by atoms with van der Waals surface area (Å²) in [6.07, 6.45) is -0.842. The lowest BCUT2D eigenvalue weighted by molar-refractivity contribution is -0.149. The van der Waals surface area contributed by atoms with Gasteiger partial charge in [-0.1, -0.05) is 48.3 Å². The Kier molecular flexibility index (Phi) is 10.8. The maximum absolute atomic E-state index is 13.3. The highest BCUT2D eigenvalue weighted by atomic mass is 127. The molecule has 37 heavy (non-hydrogen) atoms. The summed E-state index contributed by atoms with van der Waals surface area (Å²) in [6.45, 7) is 1.26. The molecule has 0 heterocycles. The van der Waals surface area contributed by atoms with Crippen molar-refractivity contribution in [2.24, 2.45) is 0 Å². The number of para-hydroxylation sites is 1. The van der Waals surface area contributed by atoms with Crippen LogP contribution in [0.4, 0.5) is 0 Å². The number of benzene rings is 2. The van der Waals surface area contributed by atoms with Gasteiger partial charge in [0.25, 0.3) is 5.91 Å². The molecule has 1 aliphatic rings. The van der Waals surface area contributed by atoms with Crippen molar-refractivity contribution in [1.29, 1.82) is 0 Å². The summed E-state index contributed by atoms with van der Waals surface area (Å²) < 4.78 is 6.88. The minimum Gasteiger partial charge on any atom is -0.482 e. The molecule has 3 atom stereocenters. The number of amides is 2. The minimum absolute atomic E-state index is 0.0306. The van der Waals surface area contributed by atoms with Gasteiger partial charge < -0.3 is 25.2 Å². The molecule has 0 spiro atoms. The normalized spacial score (nSPS) is 19.1. The maximum atomic E-state index is 13.3. The van der Waals surface area contributed by atoms with Gasteiger partial charge >= 0.3 is 0 Å². The average molecular weight is 661 g/mol. The van der Waals surface area contributed by atoms with E-state index < -0.39 is 35.8 Å². The van der Waals surface area contributed by atoms with E-state index in [0.717, 1.165) is 3.57 Å². The van der Waals surface area contributed by atoms with Crippen molar-refractivity contribution in [3.05, 3.63) is 73.3 Å². The van der Waals surface area contributed by atoms with Crippen molar-refractivity contribution in [2.75, 3.05) is 13.2 Å². The van der Waals surface area contributed by atoms with Crippen LogP contribution in [0.25, 0.3) is 0 Å². The predicted molar refractivity (Wildman–Crippen MR) is 148 cm³/mol. The minimum atomic E-state index is -1.27. The van der Waals surface area contributed by atoms with Crippen LogP contribution in [0.2, 0.25) is 10.0 Å². The van der Waals surface area contributed by atoms with Crippen LogP contribution < -0.4 is 10.1 Å². The van der Waals surface area contributed by atoms with Crippen LogP contribution in [-0.2, 0) is 20.9 Å². The summed E-state index contributed by atoms with van der Waals surface area (Å²) in [5.74, 6) is -1.43. The highest BCUT2D eigenvalue weighted by Crippen LogP contribution is 2.32. The van der Waals surface area contributed by atoms with E-state index in [2.05, 4.69) is 27.9 Å². The van der Waals surface area contributed by atoms with Crippen molar-refractivity contribution in [2.45, 2.75) is 44.6 Å². The lowest BCUT2D eigenvalue weighted by Crippen LogP contribution is -2.56. The van der Waals surface area contributed by atoms with Crippen LogP contribution in [-0.4, -0.2) is 64.1 Å². The standard InChI is InChI=1S/C26H27Cl2IN2O6/c1-2-21(33)26(36)31(14-15-7-8-17(27)13-18(15)28)20-11-16(25(35)30-9-10-32)12-23(24(20)34)37-22-6-4-3-5-19(22)29/h3-8,12-13,20,23-24,32,34H,2,9-11,14H2,1H3,(H,30,35)/t20-,23+,24+/m1/s1. The van der Waals surface area contributed by atoms with Crippen molar-refractivity contribution < 1.29 is 29.3 Å². The molecule has 2 aromatic carbocycles. The van der Waals surface area contributed by atoms with Crippen LogP contribution in [0.15, 0.2) is 54.1 Å². The Morgan fingerprint density at radius 2 is 1.92 bits per heavy atom. The predicted octanol–water partition coefficient (Wildman–Crippen LogP) is 3.52. The third-order valence-corrected chi connectivity index (χ3v) is 7.37. The molecule has 0 fully saturated rings. The van der Waals surface area contributed by atoms with Gasteiger partial charge in [0.15, 0.2) is 0 Å². The van der Waals surface area contributed by atoms with Crippen LogP contribution >= 0.6 is 45.8 Å². The topological polar surface area (TPSA) is 116 Å². The van der Waals surface area contributed by atoms with E-state index >= 15 is 0 Å². The first-order valence-electron chi connectivity index (χ1n) is 11.6. The zero-order valence-electron chi connectivity index (χ0n) is 20.0. The maximum Gasteiger partial charge on any atom is 0.290 e. The smallest absolute Gasteiger partial charge is 0.290 e. The van der Waals surface area contributed by atoms with Gasteiger partial charge in [-0.15, -0.1) is 0 Å². The van der Waals surface area contributed by atoms with E-state index in [-0.39, 0.29) is 38.1 Å². The second-order valence-electron chi connectivity index (χ2n) is 8.39. The SMILES string of the molecule is CCC(=O)C(=O)N(Cc1ccc(Cl)cc1Cl)[C@@H]1CC(C(=O)NCCO)=C[C@H](Oc2ccccc2I)[C@H]1O. The molecule has 3 rings (SSSR count). The van der Waals surface area contributed by atoms with Crippen molar-refractivity contribution in [1.82, 2.24) is 10.2 Å². The van der Waals surface area contributed by atoms with Gasteiger partial charge in [0.2, 0.25) is 11.7 Å². The molecule has 8 nitrogen and oxygen atoms in total. The Morgan fingerprint density at radius 1 is 1.19 bits per heavy atom. The Hall–Kier alpha value is -2.18. The van der Waals surface area contributed by atoms with Gasteiger partial charge in [0.05, 0.1) is 16.2 Å². The first-order chi connectivity index (χ1) is 17.7. The zero-order valence-corrected chi connectivity index (χ0v) is 23.7. The largest absolute Gasteiger partial charge is 0.482 e. The molecule has 0 bridgehead atoms. The summed E-state index contributed by atoms with van der Waals surface area (Å²) in [7, 11) is 0. The molecule has 198 valence electrons. The number of Topliss-reactive ketones (excluding diaryl/α,β-unsaturated/α-hetero) is 1. The summed E-state index contributed by atoms with van der Waals surface area (Å²) in [5, 5.41) is 23.9. The third kappa shape index (κ3) is 7.44. The molecule has 0 radical (unpaired) electrons. The lowest BCUT2D eigenvalue weighted by atomic mass is 9.87. The monoisotopic (exact) mass is 660 g/mol. The Morgan fingerprint density at radius 3 is 2.57 bits per heavy atom. The number of ketones is 1. The van der Waals surface area contributed by atoms with E-state index in [0.29, 0.717) is 21.4 Å². The number of hydrogen-bond donors (Lipinski definition) is 3. The first-order valence-corrected chi connectivity index (χ1v) is 13.5. The number of ether oxygens (including phenoxy) is 1. The molecule has 1 aliphatic carbocycles. The molecule has 0 saturated carbocycles. The Bertz CT molecular complexity index is 1190. The number of nitrogens with zero attached hydrogens (tertiary/aromatic N) is 1. The summed E-state index contributed by atoms with van der Waals surface area (Å²) in [5.41, 5.74) is 0.773. The fourth-order valence-corrected chi connectivity index (χ4v) is 4.93. The van der Waals surface area contributed by atoms with Crippen molar-refractivity contribution in [3.8, 4) is 5.75 Å². The van der Waals surface area contributed by atoms with Gasteiger partial charge in [-0.2, -0.15) is 0 Å². The molecule has 0 saturated heterocycles. The number of aliphatic hydroxyl groups is 2. The number of aliphatic hydroxyl groups excluding tert-OH is 2. The zero-order chi connectivity index (χ0) is 27.1. The van der Waals surface area contributed by atoms with Crippen LogP contribution in [0, 0.1) is 3.57 Å². The number of rotatable bonds is 10.